The summed E-state index contributed by atoms with van der Waals surface area (Å²) in [5.74, 6) is 0.283. The van der Waals surface area contributed by atoms with Crippen LogP contribution in [0.25, 0.3) is 0 Å². The maximum atomic E-state index is 13.6. The van der Waals surface area contributed by atoms with Crippen molar-refractivity contribution in [3.8, 4) is 5.75 Å². The summed E-state index contributed by atoms with van der Waals surface area (Å²) in [6.45, 7) is 8.89. The van der Waals surface area contributed by atoms with E-state index in [-0.39, 0.29) is 23.8 Å². The van der Waals surface area contributed by atoms with Gasteiger partial charge in [0, 0.05) is 19.5 Å². The van der Waals surface area contributed by atoms with E-state index < -0.39 is 6.04 Å². The molecule has 0 bridgehead atoms. The lowest BCUT2D eigenvalue weighted by Gasteiger charge is -2.31. The van der Waals surface area contributed by atoms with E-state index in [1.165, 1.54) is 0 Å². The summed E-state index contributed by atoms with van der Waals surface area (Å²) >= 11 is 0. The van der Waals surface area contributed by atoms with Gasteiger partial charge in [0.15, 0.2) is 6.61 Å². The highest BCUT2D eigenvalue weighted by Crippen LogP contribution is 2.31. The van der Waals surface area contributed by atoms with Gasteiger partial charge in [-0.15, -0.1) is 0 Å². The van der Waals surface area contributed by atoms with Crippen LogP contribution >= 0.6 is 0 Å². The number of benzene rings is 3. The van der Waals surface area contributed by atoms with Crippen LogP contribution in [0.2, 0.25) is 0 Å². The Bertz CT molecular complexity index is 1090. The predicted molar refractivity (Wildman–Crippen MR) is 140 cm³/mol. The van der Waals surface area contributed by atoms with Crippen LogP contribution in [0.4, 0.5) is 0 Å². The van der Waals surface area contributed by atoms with Gasteiger partial charge in [-0.1, -0.05) is 99.6 Å². The number of hydrogen-bond acceptors (Lipinski definition) is 3. The largest absolute Gasteiger partial charge is 0.483 e. The van der Waals surface area contributed by atoms with Crippen molar-refractivity contribution in [3.05, 3.63) is 102 Å². The van der Waals surface area contributed by atoms with Gasteiger partial charge in [0.05, 0.1) is 0 Å². The van der Waals surface area contributed by atoms with Gasteiger partial charge in [-0.3, -0.25) is 9.59 Å². The van der Waals surface area contributed by atoms with Crippen molar-refractivity contribution in [1.82, 2.24) is 10.2 Å². The Balaban J connectivity index is 1.90. The second-order valence-corrected chi connectivity index (χ2v) is 9.64. The van der Waals surface area contributed by atoms with Crippen molar-refractivity contribution in [2.45, 2.75) is 52.1 Å². The molecule has 0 spiro atoms. The Morgan fingerprint density at radius 3 is 2.03 bits per heavy atom. The Kier molecular flexibility index (Phi) is 9.07. The molecule has 1 unspecified atom stereocenters. The van der Waals surface area contributed by atoms with Crippen LogP contribution in [0.15, 0.2) is 84.9 Å². The summed E-state index contributed by atoms with van der Waals surface area (Å²) in [4.78, 5) is 28.5. The maximum absolute atomic E-state index is 13.6. The van der Waals surface area contributed by atoms with Crippen molar-refractivity contribution < 1.29 is 14.3 Å². The number of likely N-dealkylation sites (N-methyl/N-ethyl adjacent to an activating group) is 1. The summed E-state index contributed by atoms with van der Waals surface area (Å²) in [5.41, 5.74) is 2.86. The summed E-state index contributed by atoms with van der Waals surface area (Å²) in [5, 5.41) is 2.92. The molecule has 0 aliphatic carbocycles. The van der Waals surface area contributed by atoms with Crippen LogP contribution in [-0.4, -0.2) is 35.9 Å². The van der Waals surface area contributed by atoms with E-state index in [9.17, 15) is 9.59 Å². The quantitative estimate of drug-likeness (QED) is 0.445. The molecule has 0 fully saturated rings. The minimum atomic E-state index is -0.661. The second-order valence-electron chi connectivity index (χ2n) is 9.64. The average Bonchev–Trinajstić information content (AvgIpc) is 2.85. The van der Waals surface area contributed by atoms with Crippen LogP contribution in [-0.2, 0) is 28.0 Å². The average molecular weight is 473 g/mol. The lowest BCUT2D eigenvalue weighted by molar-refractivity contribution is -0.142. The van der Waals surface area contributed by atoms with Crippen molar-refractivity contribution in [1.29, 1.82) is 0 Å². The van der Waals surface area contributed by atoms with Gasteiger partial charge in [0.1, 0.15) is 11.8 Å². The molecular formula is C30H36N2O3. The van der Waals surface area contributed by atoms with Crippen LogP contribution in [0, 0.1) is 0 Å². The third kappa shape index (κ3) is 7.44. The fourth-order valence-electron chi connectivity index (χ4n) is 4.06. The summed E-state index contributed by atoms with van der Waals surface area (Å²) in [6.07, 6.45) is 0.420. The van der Waals surface area contributed by atoms with Crippen LogP contribution < -0.4 is 10.1 Å². The monoisotopic (exact) mass is 472 g/mol. The molecule has 0 saturated carbocycles. The number of ether oxygens (including phenoxy) is 1. The van der Waals surface area contributed by atoms with Gasteiger partial charge >= 0.3 is 0 Å². The SMILES string of the molecule is CCNC(=O)C(Cc1ccccc1)N(Cc1ccccc1)C(=O)COc1ccccc1C(C)(C)C. The molecule has 0 heterocycles. The Labute approximate surface area is 209 Å². The van der Waals surface area contributed by atoms with E-state index in [2.05, 4.69) is 26.1 Å². The molecule has 1 atom stereocenters. The second kappa shape index (κ2) is 12.2. The summed E-state index contributed by atoms with van der Waals surface area (Å²) < 4.78 is 6.06. The number of nitrogens with zero attached hydrogens (tertiary/aromatic N) is 1. The topological polar surface area (TPSA) is 58.6 Å². The Morgan fingerprint density at radius 2 is 1.43 bits per heavy atom. The Hall–Kier alpha value is -3.60. The first-order valence-corrected chi connectivity index (χ1v) is 12.2. The van der Waals surface area contributed by atoms with Gasteiger partial charge in [0.25, 0.3) is 5.91 Å². The van der Waals surface area contributed by atoms with E-state index in [4.69, 9.17) is 4.74 Å². The molecule has 0 aliphatic heterocycles. The van der Waals surface area contributed by atoms with Crippen LogP contribution in [0.3, 0.4) is 0 Å². The predicted octanol–water partition coefficient (Wildman–Crippen LogP) is 5.14. The molecular weight excluding hydrogens is 436 g/mol. The molecule has 2 amide bonds. The zero-order valence-corrected chi connectivity index (χ0v) is 21.2. The summed E-state index contributed by atoms with van der Waals surface area (Å²) in [6, 6.07) is 26.7. The Morgan fingerprint density at radius 1 is 0.857 bits per heavy atom. The van der Waals surface area contributed by atoms with Crippen molar-refractivity contribution in [2.75, 3.05) is 13.2 Å². The van der Waals surface area contributed by atoms with Crippen molar-refractivity contribution >= 4 is 11.8 Å². The normalized spacial score (nSPS) is 12.0. The molecule has 3 aromatic carbocycles. The summed E-state index contributed by atoms with van der Waals surface area (Å²) in [7, 11) is 0. The highest BCUT2D eigenvalue weighted by Gasteiger charge is 2.30. The van der Waals surface area contributed by atoms with Gasteiger partial charge in [-0.2, -0.15) is 0 Å². The minimum Gasteiger partial charge on any atom is -0.483 e. The van der Waals surface area contributed by atoms with E-state index in [0.717, 1.165) is 16.7 Å². The first-order chi connectivity index (χ1) is 16.8. The zero-order chi connectivity index (χ0) is 25.3. The molecule has 184 valence electrons. The molecule has 5 heteroatoms. The number of carbonyl (C=O) groups excluding carboxylic acids is 2. The highest BCUT2D eigenvalue weighted by atomic mass is 16.5. The standard InChI is InChI=1S/C30H36N2O3/c1-5-31-29(34)26(20-23-14-8-6-9-15-23)32(21-24-16-10-7-11-17-24)28(33)22-35-27-19-13-12-18-25(27)30(2,3)4/h6-19,26H,5,20-22H2,1-4H3,(H,31,34). The molecule has 35 heavy (non-hydrogen) atoms. The molecule has 1 N–H and O–H groups in total. The van der Waals surface area contributed by atoms with E-state index in [1.807, 2.05) is 91.9 Å². The molecule has 3 aromatic rings. The van der Waals surface area contributed by atoms with Crippen LogP contribution in [0.1, 0.15) is 44.4 Å². The van der Waals surface area contributed by atoms with E-state index >= 15 is 0 Å². The highest BCUT2D eigenvalue weighted by molar-refractivity contribution is 5.88. The zero-order valence-electron chi connectivity index (χ0n) is 21.2. The van der Waals surface area contributed by atoms with Gasteiger partial charge in [0.2, 0.25) is 5.91 Å². The molecule has 0 aliphatic rings. The third-order valence-electron chi connectivity index (χ3n) is 5.86. The molecule has 5 nitrogen and oxygen atoms in total. The number of nitrogens with one attached hydrogen (secondary N) is 1. The van der Waals surface area contributed by atoms with Crippen molar-refractivity contribution in [3.63, 3.8) is 0 Å². The number of carbonyl (C=O) groups is 2. The molecule has 3 rings (SSSR count). The maximum Gasteiger partial charge on any atom is 0.261 e. The van der Waals surface area contributed by atoms with Gasteiger partial charge < -0.3 is 15.0 Å². The lowest BCUT2D eigenvalue weighted by atomic mass is 9.86. The number of rotatable bonds is 10. The lowest BCUT2D eigenvalue weighted by Crippen LogP contribution is -2.51. The molecule has 0 aromatic heterocycles. The first-order valence-electron chi connectivity index (χ1n) is 12.2. The number of para-hydroxylation sites is 1. The van der Waals surface area contributed by atoms with Gasteiger partial charge in [-0.05, 0) is 35.1 Å². The fourth-order valence-corrected chi connectivity index (χ4v) is 4.06. The van der Waals surface area contributed by atoms with Gasteiger partial charge in [-0.25, -0.2) is 0 Å². The van der Waals surface area contributed by atoms with E-state index in [0.29, 0.717) is 25.3 Å². The number of amides is 2. The first kappa shape index (κ1) is 26.0. The number of hydrogen-bond donors (Lipinski definition) is 1. The van der Waals surface area contributed by atoms with Crippen molar-refractivity contribution in [2.24, 2.45) is 0 Å². The van der Waals surface area contributed by atoms with E-state index in [1.54, 1.807) is 4.90 Å². The van der Waals surface area contributed by atoms with Crippen LogP contribution in [0.5, 0.6) is 5.75 Å². The minimum absolute atomic E-state index is 0.125. The fraction of sp³-hybridized carbons (Fsp3) is 0.333. The molecule has 0 radical (unpaired) electrons. The smallest absolute Gasteiger partial charge is 0.261 e. The molecule has 0 saturated heterocycles. The third-order valence-corrected chi connectivity index (χ3v) is 5.86.